The third-order valence-corrected chi connectivity index (χ3v) is 3.36. The van der Waals surface area contributed by atoms with Crippen LogP contribution in [0.1, 0.15) is 12.0 Å². The fraction of sp³-hybridized carbons (Fsp3) is 0.417. The van der Waals surface area contributed by atoms with Gasteiger partial charge in [0, 0.05) is 19.5 Å². The van der Waals surface area contributed by atoms with Gasteiger partial charge in [0.05, 0.1) is 11.1 Å². The highest BCUT2D eigenvalue weighted by atomic mass is 35.5. The number of carbonyl (C=O) groups excluding carboxylic acids is 1. The van der Waals surface area contributed by atoms with E-state index in [1.165, 1.54) is 12.1 Å². The number of carbonyl (C=O) groups is 1. The number of primary amides is 1. The minimum absolute atomic E-state index is 0.0370. The molecule has 1 amide bonds. The molecule has 1 aliphatic heterocycles. The Morgan fingerprint density at radius 1 is 1.56 bits per heavy atom. The van der Waals surface area contributed by atoms with Gasteiger partial charge in [-0.15, -0.1) is 0 Å². The molecule has 2 atom stereocenters. The Bertz CT molecular complexity index is 469. The number of nitrogens with two attached hydrogens (primary N) is 1. The van der Waals surface area contributed by atoms with Crippen LogP contribution in [0.15, 0.2) is 18.2 Å². The van der Waals surface area contributed by atoms with E-state index in [2.05, 4.69) is 0 Å². The van der Waals surface area contributed by atoms with Gasteiger partial charge in [-0.25, -0.2) is 8.78 Å². The Balaban J connectivity index is 2.12. The Morgan fingerprint density at radius 3 is 2.89 bits per heavy atom. The summed E-state index contributed by atoms with van der Waals surface area (Å²) in [6.45, 7) is 0.417. The molecule has 0 bridgehead atoms. The maximum absolute atomic E-state index is 13.3. The van der Waals surface area contributed by atoms with Crippen molar-refractivity contribution in [3.05, 3.63) is 34.6 Å². The normalized spacial score (nSPS) is 24.4. The fourth-order valence-corrected chi connectivity index (χ4v) is 2.31. The van der Waals surface area contributed by atoms with Crippen LogP contribution in [0.25, 0.3) is 0 Å². The van der Waals surface area contributed by atoms with Crippen molar-refractivity contribution in [2.24, 2.45) is 5.73 Å². The van der Waals surface area contributed by atoms with E-state index in [1.54, 1.807) is 11.0 Å². The maximum Gasteiger partial charge on any atom is 0.234 e. The summed E-state index contributed by atoms with van der Waals surface area (Å²) < 4.78 is 26.6. The molecule has 0 radical (unpaired) electrons. The van der Waals surface area contributed by atoms with Crippen LogP contribution in [0.5, 0.6) is 0 Å². The van der Waals surface area contributed by atoms with E-state index in [4.69, 9.17) is 17.3 Å². The molecule has 1 aliphatic rings. The van der Waals surface area contributed by atoms with Gasteiger partial charge in [0.25, 0.3) is 0 Å². The molecule has 0 spiro atoms. The summed E-state index contributed by atoms with van der Waals surface area (Å²) >= 11 is 5.58. The summed E-state index contributed by atoms with van der Waals surface area (Å²) in [5, 5.41) is 0.0370. The number of halogens is 3. The van der Waals surface area contributed by atoms with Crippen molar-refractivity contribution >= 4 is 17.5 Å². The molecule has 0 unspecified atom stereocenters. The van der Waals surface area contributed by atoms with Crippen LogP contribution in [0, 0.1) is 5.82 Å². The Labute approximate surface area is 109 Å². The summed E-state index contributed by atoms with van der Waals surface area (Å²) in [7, 11) is 0. The first-order valence-corrected chi connectivity index (χ1v) is 5.96. The van der Waals surface area contributed by atoms with Gasteiger partial charge in [0.15, 0.2) is 0 Å². The fourth-order valence-electron chi connectivity index (χ4n) is 2.19. The summed E-state index contributed by atoms with van der Waals surface area (Å²) in [6, 6.07) is 3.74. The zero-order valence-corrected chi connectivity index (χ0v) is 10.3. The highest BCUT2D eigenvalue weighted by Crippen LogP contribution is 2.24. The second-order valence-electron chi connectivity index (χ2n) is 4.43. The van der Waals surface area contributed by atoms with E-state index in [-0.39, 0.29) is 24.5 Å². The molecule has 1 saturated heterocycles. The summed E-state index contributed by atoms with van der Waals surface area (Å²) in [4.78, 5) is 12.8. The van der Waals surface area contributed by atoms with Crippen molar-refractivity contribution < 1.29 is 13.6 Å². The molecule has 2 N–H and O–H groups in total. The molecule has 2 rings (SSSR count). The van der Waals surface area contributed by atoms with Crippen LogP contribution in [0.2, 0.25) is 5.02 Å². The molecule has 6 heteroatoms. The second-order valence-corrected chi connectivity index (χ2v) is 4.84. The van der Waals surface area contributed by atoms with Gasteiger partial charge in [-0.1, -0.05) is 17.7 Å². The van der Waals surface area contributed by atoms with E-state index in [1.807, 2.05) is 0 Å². The molecule has 0 aliphatic carbocycles. The quantitative estimate of drug-likeness (QED) is 0.915. The third kappa shape index (κ3) is 2.79. The second kappa shape index (κ2) is 5.20. The van der Waals surface area contributed by atoms with Crippen molar-refractivity contribution in [3.63, 3.8) is 0 Å². The molecule has 1 aromatic rings. The molecule has 1 heterocycles. The summed E-state index contributed by atoms with van der Waals surface area (Å²) in [5.74, 6) is -1.08. The van der Waals surface area contributed by atoms with E-state index < -0.39 is 23.9 Å². The van der Waals surface area contributed by atoms with Crippen LogP contribution in [0.3, 0.4) is 0 Å². The van der Waals surface area contributed by atoms with Gasteiger partial charge in [-0.05, 0) is 17.7 Å². The maximum atomic E-state index is 13.3. The molecule has 1 fully saturated rings. The number of benzene rings is 1. The number of nitrogens with zero attached hydrogens (tertiary/aromatic N) is 1. The van der Waals surface area contributed by atoms with Crippen LogP contribution in [-0.4, -0.2) is 29.6 Å². The topological polar surface area (TPSA) is 46.3 Å². The molecule has 0 saturated carbocycles. The molecular weight excluding hydrogens is 262 g/mol. The Hall–Kier alpha value is -1.20. The molecule has 3 nitrogen and oxygen atoms in total. The molecule has 18 heavy (non-hydrogen) atoms. The van der Waals surface area contributed by atoms with Crippen LogP contribution in [0.4, 0.5) is 8.78 Å². The van der Waals surface area contributed by atoms with E-state index >= 15 is 0 Å². The smallest absolute Gasteiger partial charge is 0.234 e. The number of rotatable bonds is 3. The first kappa shape index (κ1) is 13.2. The van der Waals surface area contributed by atoms with Crippen molar-refractivity contribution in [3.8, 4) is 0 Å². The zero-order chi connectivity index (χ0) is 13.3. The monoisotopic (exact) mass is 274 g/mol. The molecule has 0 aromatic heterocycles. The highest BCUT2D eigenvalue weighted by Gasteiger charge is 2.35. The van der Waals surface area contributed by atoms with Crippen LogP contribution in [-0.2, 0) is 11.3 Å². The van der Waals surface area contributed by atoms with Gasteiger partial charge >= 0.3 is 0 Å². The summed E-state index contributed by atoms with van der Waals surface area (Å²) in [5.41, 5.74) is 5.85. The lowest BCUT2D eigenvalue weighted by atomic mass is 10.1. The number of likely N-dealkylation sites (tertiary alicyclic amines) is 1. The van der Waals surface area contributed by atoms with Crippen molar-refractivity contribution in [2.45, 2.75) is 25.2 Å². The predicted molar refractivity (Wildman–Crippen MR) is 64.3 cm³/mol. The SMILES string of the molecule is NC(=O)[C@@H]1C[C@@H](F)CN1Cc1ccc(Cl)c(F)c1. The van der Waals surface area contributed by atoms with Gasteiger partial charge in [0.2, 0.25) is 5.91 Å². The molecular formula is C12H13ClF2N2O. The largest absolute Gasteiger partial charge is 0.368 e. The lowest BCUT2D eigenvalue weighted by Gasteiger charge is -2.21. The number of hydrogen-bond acceptors (Lipinski definition) is 2. The van der Waals surface area contributed by atoms with Gasteiger partial charge in [-0.2, -0.15) is 0 Å². The van der Waals surface area contributed by atoms with Crippen molar-refractivity contribution in [1.29, 1.82) is 0 Å². The highest BCUT2D eigenvalue weighted by molar-refractivity contribution is 6.30. The minimum atomic E-state index is -1.07. The average molecular weight is 275 g/mol. The van der Waals surface area contributed by atoms with Gasteiger partial charge in [-0.3, -0.25) is 9.69 Å². The number of hydrogen-bond donors (Lipinski definition) is 1. The average Bonchev–Trinajstić information content (AvgIpc) is 2.65. The Kier molecular flexibility index (Phi) is 3.82. The zero-order valence-electron chi connectivity index (χ0n) is 9.57. The first-order valence-electron chi connectivity index (χ1n) is 5.58. The van der Waals surface area contributed by atoms with Crippen LogP contribution < -0.4 is 5.73 Å². The Morgan fingerprint density at radius 2 is 2.28 bits per heavy atom. The first-order chi connectivity index (χ1) is 8.47. The van der Waals surface area contributed by atoms with E-state index in [9.17, 15) is 13.6 Å². The standard InChI is InChI=1S/C12H13ClF2N2O/c13-9-2-1-7(3-10(9)15)5-17-6-8(14)4-11(17)12(16)18/h1-3,8,11H,4-6H2,(H2,16,18)/t8-,11+/m1/s1. The van der Waals surface area contributed by atoms with E-state index in [0.29, 0.717) is 5.56 Å². The van der Waals surface area contributed by atoms with Gasteiger partial charge in [0.1, 0.15) is 12.0 Å². The molecule has 98 valence electrons. The lowest BCUT2D eigenvalue weighted by molar-refractivity contribution is -0.122. The lowest BCUT2D eigenvalue weighted by Crippen LogP contribution is -2.39. The predicted octanol–water partition coefficient (Wildman–Crippen LogP) is 1.88. The number of amides is 1. The van der Waals surface area contributed by atoms with Gasteiger partial charge < -0.3 is 5.73 Å². The summed E-state index contributed by atoms with van der Waals surface area (Å²) in [6.07, 6.45) is -0.967. The third-order valence-electron chi connectivity index (χ3n) is 3.05. The molecule has 1 aromatic carbocycles. The van der Waals surface area contributed by atoms with Crippen molar-refractivity contribution in [2.75, 3.05) is 6.54 Å². The van der Waals surface area contributed by atoms with E-state index in [0.717, 1.165) is 0 Å². The van der Waals surface area contributed by atoms with Crippen LogP contribution >= 0.6 is 11.6 Å². The van der Waals surface area contributed by atoms with Crippen molar-refractivity contribution in [1.82, 2.24) is 4.90 Å². The minimum Gasteiger partial charge on any atom is -0.368 e. The number of alkyl halides is 1.